The summed E-state index contributed by atoms with van der Waals surface area (Å²) in [5.41, 5.74) is -0.0602. The van der Waals surface area contributed by atoms with Crippen LogP contribution in [0.15, 0.2) is 0 Å². The number of hydrogen-bond acceptors (Lipinski definition) is 2. The summed E-state index contributed by atoms with van der Waals surface area (Å²) in [6.07, 6.45) is 5.64. The number of carboxylic acid groups (broad SMARTS) is 2. The Kier molecular flexibility index (Phi) is 7.72. The van der Waals surface area contributed by atoms with Gasteiger partial charge in [-0.2, -0.15) is 0 Å². The van der Waals surface area contributed by atoms with Crippen molar-refractivity contribution in [1.82, 2.24) is 0 Å². The molecule has 0 spiro atoms. The highest BCUT2D eigenvalue weighted by atomic mass is 16.4. The molecule has 0 rings (SSSR count). The maximum absolute atomic E-state index is 11.0. The maximum atomic E-state index is 11.0. The summed E-state index contributed by atoms with van der Waals surface area (Å²) >= 11 is 0. The Labute approximate surface area is 116 Å². The van der Waals surface area contributed by atoms with Gasteiger partial charge in [0.05, 0.1) is 0 Å². The van der Waals surface area contributed by atoms with Gasteiger partial charge in [-0.3, -0.25) is 9.59 Å². The molecular formula is C15H28O4. The van der Waals surface area contributed by atoms with E-state index in [-0.39, 0.29) is 17.8 Å². The molecule has 0 aliphatic rings. The van der Waals surface area contributed by atoms with E-state index in [0.29, 0.717) is 0 Å². The molecule has 0 aliphatic heterocycles. The van der Waals surface area contributed by atoms with E-state index in [9.17, 15) is 9.59 Å². The van der Waals surface area contributed by atoms with Gasteiger partial charge in [0, 0.05) is 0 Å². The first kappa shape index (κ1) is 17.9. The smallest absolute Gasteiger partial charge is 0.317 e. The van der Waals surface area contributed by atoms with Crippen LogP contribution in [-0.4, -0.2) is 22.2 Å². The molecule has 0 saturated heterocycles. The van der Waals surface area contributed by atoms with Crippen molar-refractivity contribution in [2.45, 2.75) is 66.2 Å². The van der Waals surface area contributed by atoms with Crippen LogP contribution < -0.4 is 0 Å². The second-order valence-corrected chi connectivity index (χ2v) is 6.38. The van der Waals surface area contributed by atoms with Crippen LogP contribution in [0, 0.1) is 17.3 Å². The topological polar surface area (TPSA) is 74.6 Å². The van der Waals surface area contributed by atoms with Crippen molar-refractivity contribution in [2.75, 3.05) is 0 Å². The van der Waals surface area contributed by atoms with E-state index in [0.717, 1.165) is 25.7 Å². The van der Waals surface area contributed by atoms with Crippen LogP contribution >= 0.6 is 0 Å². The van der Waals surface area contributed by atoms with Crippen molar-refractivity contribution < 1.29 is 19.8 Å². The Morgan fingerprint density at radius 1 is 1.00 bits per heavy atom. The van der Waals surface area contributed by atoms with E-state index in [1.807, 2.05) is 0 Å². The van der Waals surface area contributed by atoms with Gasteiger partial charge in [0.1, 0.15) is 0 Å². The van der Waals surface area contributed by atoms with Gasteiger partial charge >= 0.3 is 11.9 Å². The molecule has 0 aromatic heterocycles. The largest absolute Gasteiger partial charge is 0.481 e. The number of hydrogen-bond donors (Lipinski definition) is 2. The minimum Gasteiger partial charge on any atom is -0.481 e. The fourth-order valence-corrected chi connectivity index (χ4v) is 2.31. The molecule has 0 aromatic rings. The Morgan fingerprint density at radius 2 is 1.53 bits per heavy atom. The summed E-state index contributed by atoms with van der Waals surface area (Å²) in [5.74, 6) is -3.61. The normalized spacial score (nSPS) is 13.5. The van der Waals surface area contributed by atoms with E-state index < -0.39 is 17.9 Å². The van der Waals surface area contributed by atoms with Gasteiger partial charge < -0.3 is 10.2 Å². The molecular weight excluding hydrogens is 244 g/mol. The highest BCUT2D eigenvalue weighted by Crippen LogP contribution is 2.35. The summed E-state index contributed by atoms with van der Waals surface area (Å²) < 4.78 is 0. The number of carboxylic acids is 2. The summed E-state index contributed by atoms with van der Waals surface area (Å²) in [7, 11) is 0. The van der Waals surface area contributed by atoms with Gasteiger partial charge in [0.2, 0.25) is 0 Å². The van der Waals surface area contributed by atoms with Crippen molar-refractivity contribution in [3.05, 3.63) is 0 Å². The third-order valence-electron chi connectivity index (χ3n) is 3.75. The summed E-state index contributed by atoms with van der Waals surface area (Å²) in [4.78, 5) is 22.0. The first-order valence-corrected chi connectivity index (χ1v) is 7.15. The van der Waals surface area contributed by atoms with Crippen LogP contribution in [0.2, 0.25) is 0 Å². The lowest BCUT2D eigenvalue weighted by molar-refractivity contribution is -0.155. The predicted molar refractivity (Wildman–Crippen MR) is 75.1 cm³/mol. The lowest BCUT2D eigenvalue weighted by Gasteiger charge is -2.32. The SMILES string of the molecule is CCCCCCC(CC(C(=O)O)C(=O)O)C(C)(C)C. The second-order valence-electron chi connectivity index (χ2n) is 6.38. The molecule has 0 aromatic carbocycles. The van der Waals surface area contributed by atoms with Crippen molar-refractivity contribution in [3.8, 4) is 0 Å². The molecule has 0 fully saturated rings. The second kappa shape index (κ2) is 8.18. The highest BCUT2D eigenvalue weighted by molar-refractivity contribution is 5.92. The van der Waals surface area contributed by atoms with E-state index in [4.69, 9.17) is 10.2 Å². The third-order valence-corrected chi connectivity index (χ3v) is 3.75. The Morgan fingerprint density at radius 3 is 1.89 bits per heavy atom. The average molecular weight is 272 g/mol. The van der Waals surface area contributed by atoms with E-state index in [1.165, 1.54) is 6.42 Å². The third kappa shape index (κ3) is 7.19. The lowest BCUT2D eigenvalue weighted by Crippen LogP contribution is -2.31. The van der Waals surface area contributed by atoms with Crippen LogP contribution in [-0.2, 0) is 9.59 Å². The van der Waals surface area contributed by atoms with Gasteiger partial charge in [0.15, 0.2) is 5.92 Å². The predicted octanol–water partition coefficient (Wildman–Crippen LogP) is 3.79. The number of rotatable bonds is 9. The molecule has 0 heterocycles. The van der Waals surface area contributed by atoms with Crippen molar-refractivity contribution in [3.63, 3.8) is 0 Å². The molecule has 112 valence electrons. The quantitative estimate of drug-likeness (QED) is 0.494. The molecule has 0 saturated carbocycles. The Bertz CT molecular complexity index is 277. The van der Waals surface area contributed by atoms with Crippen LogP contribution in [0.1, 0.15) is 66.2 Å². The molecule has 2 N–H and O–H groups in total. The zero-order chi connectivity index (χ0) is 15.1. The molecule has 4 nitrogen and oxygen atoms in total. The van der Waals surface area contributed by atoms with Crippen molar-refractivity contribution in [1.29, 1.82) is 0 Å². The van der Waals surface area contributed by atoms with Crippen LogP contribution in [0.5, 0.6) is 0 Å². The fourth-order valence-electron chi connectivity index (χ4n) is 2.31. The molecule has 0 radical (unpaired) electrons. The minimum atomic E-state index is -1.28. The summed E-state index contributed by atoms with van der Waals surface area (Å²) in [6, 6.07) is 0. The standard InChI is InChI=1S/C15H28O4/c1-5-6-7-8-9-11(15(2,3)4)10-12(13(16)17)14(18)19/h11-12H,5-10H2,1-4H3,(H,16,17)(H,18,19). The minimum absolute atomic E-state index is 0.0602. The number of unbranched alkanes of at least 4 members (excludes halogenated alkanes) is 3. The van der Waals surface area contributed by atoms with E-state index in [1.54, 1.807) is 0 Å². The number of aliphatic carboxylic acids is 2. The monoisotopic (exact) mass is 272 g/mol. The van der Waals surface area contributed by atoms with Crippen LogP contribution in [0.25, 0.3) is 0 Å². The summed E-state index contributed by atoms with van der Waals surface area (Å²) in [6.45, 7) is 8.31. The van der Waals surface area contributed by atoms with Crippen molar-refractivity contribution in [2.24, 2.45) is 17.3 Å². The molecule has 4 heteroatoms. The fraction of sp³-hybridized carbons (Fsp3) is 0.867. The molecule has 1 unspecified atom stereocenters. The van der Waals surface area contributed by atoms with Gasteiger partial charge in [-0.15, -0.1) is 0 Å². The van der Waals surface area contributed by atoms with Gasteiger partial charge in [-0.05, 0) is 24.2 Å². The number of carbonyl (C=O) groups is 2. The zero-order valence-electron chi connectivity index (χ0n) is 12.6. The molecule has 0 aliphatic carbocycles. The van der Waals surface area contributed by atoms with Crippen molar-refractivity contribution >= 4 is 11.9 Å². The molecule has 0 amide bonds. The first-order valence-electron chi connectivity index (χ1n) is 7.15. The first-order chi connectivity index (χ1) is 8.70. The Balaban J connectivity index is 4.58. The summed E-state index contributed by atoms with van der Waals surface area (Å²) in [5, 5.41) is 18.0. The van der Waals surface area contributed by atoms with Gasteiger partial charge in [0.25, 0.3) is 0 Å². The van der Waals surface area contributed by atoms with E-state index in [2.05, 4.69) is 27.7 Å². The molecule has 1 atom stereocenters. The zero-order valence-corrected chi connectivity index (χ0v) is 12.6. The van der Waals surface area contributed by atoms with Gasteiger partial charge in [-0.25, -0.2) is 0 Å². The van der Waals surface area contributed by atoms with E-state index >= 15 is 0 Å². The average Bonchev–Trinajstić information content (AvgIpc) is 2.25. The lowest BCUT2D eigenvalue weighted by atomic mass is 9.73. The molecule has 19 heavy (non-hydrogen) atoms. The maximum Gasteiger partial charge on any atom is 0.317 e. The van der Waals surface area contributed by atoms with Crippen LogP contribution in [0.3, 0.4) is 0 Å². The van der Waals surface area contributed by atoms with Gasteiger partial charge in [-0.1, -0.05) is 53.4 Å². The van der Waals surface area contributed by atoms with Crippen LogP contribution in [0.4, 0.5) is 0 Å². The molecule has 0 bridgehead atoms. The highest BCUT2D eigenvalue weighted by Gasteiger charge is 2.33. The Hall–Kier alpha value is -1.06.